The standard InChI is InChI=1S/C18H33N3O2/c1-3-18(9-4-5-10-18)14-20-17(23)19-11-6-16-7-12-21(13-8-16)15(2)22/h16H,3-14H2,1-2H3,(H2,19,20,23). The first-order valence-corrected chi connectivity index (χ1v) is 9.32. The Morgan fingerprint density at radius 2 is 1.78 bits per heavy atom. The summed E-state index contributed by atoms with van der Waals surface area (Å²) in [7, 11) is 0. The van der Waals surface area contributed by atoms with Gasteiger partial charge < -0.3 is 15.5 Å². The quantitative estimate of drug-likeness (QED) is 0.789. The number of likely N-dealkylation sites (tertiary alicyclic amines) is 1. The van der Waals surface area contributed by atoms with Crippen LogP contribution in [-0.4, -0.2) is 43.0 Å². The van der Waals surface area contributed by atoms with Crippen molar-refractivity contribution in [3.63, 3.8) is 0 Å². The molecule has 2 aliphatic rings. The van der Waals surface area contributed by atoms with Crippen LogP contribution in [0.4, 0.5) is 4.79 Å². The molecule has 0 radical (unpaired) electrons. The van der Waals surface area contributed by atoms with Gasteiger partial charge in [0.2, 0.25) is 5.91 Å². The number of urea groups is 1. The second-order valence-corrected chi connectivity index (χ2v) is 7.41. The highest BCUT2D eigenvalue weighted by molar-refractivity contribution is 5.74. The maximum absolute atomic E-state index is 12.0. The molecule has 0 aromatic heterocycles. The number of piperidine rings is 1. The lowest BCUT2D eigenvalue weighted by Gasteiger charge is -2.31. The summed E-state index contributed by atoms with van der Waals surface area (Å²) in [5.41, 5.74) is 0.344. The third kappa shape index (κ3) is 5.40. The molecule has 0 spiro atoms. The molecule has 0 aromatic carbocycles. The maximum atomic E-state index is 12.0. The van der Waals surface area contributed by atoms with Gasteiger partial charge in [-0.3, -0.25) is 4.79 Å². The summed E-state index contributed by atoms with van der Waals surface area (Å²) < 4.78 is 0. The second kappa shape index (κ2) is 8.55. The van der Waals surface area contributed by atoms with Crippen LogP contribution in [0.2, 0.25) is 0 Å². The summed E-state index contributed by atoms with van der Waals surface area (Å²) in [5, 5.41) is 6.07. The number of carbonyl (C=O) groups is 2. The van der Waals surface area contributed by atoms with Gasteiger partial charge in [0.25, 0.3) is 0 Å². The van der Waals surface area contributed by atoms with Crippen molar-refractivity contribution in [1.82, 2.24) is 15.5 Å². The van der Waals surface area contributed by atoms with Gasteiger partial charge in [-0.15, -0.1) is 0 Å². The summed E-state index contributed by atoms with van der Waals surface area (Å²) in [6.07, 6.45) is 9.38. The number of rotatable bonds is 6. The average molecular weight is 323 g/mol. The molecule has 23 heavy (non-hydrogen) atoms. The summed E-state index contributed by atoms with van der Waals surface area (Å²) in [6.45, 7) is 7.15. The molecule has 1 aliphatic heterocycles. The van der Waals surface area contributed by atoms with Gasteiger partial charge >= 0.3 is 6.03 Å². The van der Waals surface area contributed by atoms with E-state index in [4.69, 9.17) is 0 Å². The van der Waals surface area contributed by atoms with Crippen molar-refractivity contribution >= 4 is 11.9 Å². The van der Waals surface area contributed by atoms with Crippen molar-refractivity contribution in [1.29, 1.82) is 0 Å². The van der Waals surface area contributed by atoms with Crippen LogP contribution in [0.15, 0.2) is 0 Å². The maximum Gasteiger partial charge on any atom is 0.314 e. The van der Waals surface area contributed by atoms with Crippen molar-refractivity contribution in [3.05, 3.63) is 0 Å². The molecule has 0 unspecified atom stereocenters. The van der Waals surface area contributed by atoms with Gasteiger partial charge in [-0.1, -0.05) is 19.8 Å². The molecule has 0 atom stereocenters. The fourth-order valence-electron chi connectivity index (χ4n) is 4.04. The lowest BCUT2D eigenvalue weighted by Crippen LogP contribution is -2.42. The van der Waals surface area contributed by atoms with E-state index in [9.17, 15) is 9.59 Å². The van der Waals surface area contributed by atoms with Gasteiger partial charge in [0.05, 0.1) is 0 Å². The lowest BCUT2D eigenvalue weighted by atomic mass is 9.83. The predicted octanol–water partition coefficient (Wildman–Crippen LogP) is 2.90. The molecule has 3 amide bonds. The van der Waals surface area contributed by atoms with E-state index in [1.807, 2.05) is 4.90 Å². The van der Waals surface area contributed by atoms with Crippen molar-refractivity contribution in [2.75, 3.05) is 26.2 Å². The van der Waals surface area contributed by atoms with Crippen LogP contribution in [0.5, 0.6) is 0 Å². The molecule has 0 bridgehead atoms. The Kier molecular flexibility index (Phi) is 6.72. The van der Waals surface area contributed by atoms with Gasteiger partial charge in [-0.25, -0.2) is 4.79 Å². The van der Waals surface area contributed by atoms with Gasteiger partial charge in [0.1, 0.15) is 0 Å². The van der Waals surface area contributed by atoms with Crippen LogP contribution in [0.3, 0.4) is 0 Å². The highest BCUT2D eigenvalue weighted by atomic mass is 16.2. The number of nitrogens with zero attached hydrogens (tertiary/aromatic N) is 1. The molecular formula is C18H33N3O2. The minimum Gasteiger partial charge on any atom is -0.343 e. The largest absolute Gasteiger partial charge is 0.343 e. The third-order valence-corrected chi connectivity index (χ3v) is 5.94. The van der Waals surface area contributed by atoms with Gasteiger partial charge in [0, 0.05) is 33.1 Å². The van der Waals surface area contributed by atoms with E-state index in [1.165, 1.54) is 25.7 Å². The first-order chi connectivity index (χ1) is 11.0. The lowest BCUT2D eigenvalue weighted by molar-refractivity contribution is -0.130. The smallest absolute Gasteiger partial charge is 0.314 e. The minimum absolute atomic E-state index is 0.0223. The van der Waals surface area contributed by atoms with Crippen LogP contribution in [0, 0.1) is 11.3 Å². The van der Waals surface area contributed by atoms with Crippen LogP contribution >= 0.6 is 0 Å². The third-order valence-electron chi connectivity index (χ3n) is 5.94. The Hall–Kier alpha value is -1.26. The number of carbonyl (C=O) groups excluding carboxylic acids is 2. The monoisotopic (exact) mass is 323 g/mol. The number of hydrogen-bond acceptors (Lipinski definition) is 2. The van der Waals surface area contributed by atoms with Crippen molar-refractivity contribution in [2.24, 2.45) is 11.3 Å². The van der Waals surface area contributed by atoms with Crippen molar-refractivity contribution in [3.8, 4) is 0 Å². The minimum atomic E-state index is -0.0223. The molecule has 2 rings (SSSR count). The summed E-state index contributed by atoms with van der Waals surface area (Å²) in [6, 6.07) is -0.0223. The highest BCUT2D eigenvalue weighted by Crippen LogP contribution is 2.40. The van der Waals surface area contributed by atoms with E-state index in [2.05, 4.69) is 17.6 Å². The molecule has 1 saturated heterocycles. The van der Waals surface area contributed by atoms with E-state index in [1.54, 1.807) is 6.92 Å². The second-order valence-electron chi connectivity index (χ2n) is 7.41. The topological polar surface area (TPSA) is 61.4 Å². The summed E-state index contributed by atoms with van der Waals surface area (Å²) in [4.78, 5) is 25.2. The molecule has 2 N–H and O–H groups in total. The van der Waals surface area contributed by atoms with E-state index < -0.39 is 0 Å². The van der Waals surface area contributed by atoms with Gasteiger partial charge in [0.15, 0.2) is 0 Å². The Labute approximate surface area is 140 Å². The van der Waals surface area contributed by atoms with Crippen molar-refractivity contribution < 1.29 is 9.59 Å². The van der Waals surface area contributed by atoms with Crippen LogP contribution < -0.4 is 10.6 Å². The number of hydrogen-bond donors (Lipinski definition) is 2. The van der Waals surface area contributed by atoms with Gasteiger partial charge in [-0.05, 0) is 49.9 Å². The van der Waals surface area contributed by atoms with E-state index >= 15 is 0 Å². The Morgan fingerprint density at radius 3 is 2.35 bits per heavy atom. The molecule has 132 valence electrons. The zero-order valence-electron chi connectivity index (χ0n) is 14.8. The predicted molar refractivity (Wildman–Crippen MR) is 92.2 cm³/mol. The fourth-order valence-corrected chi connectivity index (χ4v) is 4.04. The highest BCUT2D eigenvalue weighted by Gasteiger charge is 2.32. The Bertz CT molecular complexity index is 397. The van der Waals surface area contributed by atoms with Crippen molar-refractivity contribution in [2.45, 2.75) is 65.2 Å². The molecule has 1 aliphatic carbocycles. The zero-order chi connectivity index (χ0) is 16.7. The first-order valence-electron chi connectivity index (χ1n) is 9.32. The zero-order valence-corrected chi connectivity index (χ0v) is 14.8. The molecule has 1 heterocycles. The van der Waals surface area contributed by atoms with Crippen LogP contribution in [0.25, 0.3) is 0 Å². The SMILES string of the molecule is CCC1(CNC(=O)NCCC2CCN(C(C)=O)CC2)CCCC1. The van der Waals surface area contributed by atoms with Crippen LogP contribution in [0.1, 0.15) is 65.2 Å². The van der Waals surface area contributed by atoms with Crippen LogP contribution in [-0.2, 0) is 4.79 Å². The molecule has 2 fully saturated rings. The van der Waals surface area contributed by atoms with Gasteiger partial charge in [-0.2, -0.15) is 0 Å². The molecule has 0 aromatic rings. The summed E-state index contributed by atoms with van der Waals surface area (Å²) >= 11 is 0. The molecule has 5 nitrogen and oxygen atoms in total. The molecule has 5 heteroatoms. The molecular weight excluding hydrogens is 290 g/mol. The fraction of sp³-hybridized carbons (Fsp3) is 0.889. The Morgan fingerprint density at radius 1 is 1.13 bits per heavy atom. The first kappa shape index (κ1) is 18.1. The normalized spacial score (nSPS) is 21.2. The Balaban J connectivity index is 1.57. The van der Waals surface area contributed by atoms with E-state index in [0.29, 0.717) is 11.3 Å². The van der Waals surface area contributed by atoms with E-state index in [0.717, 1.165) is 51.9 Å². The number of nitrogens with one attached hydrogen (secondary N) is 2. The molecule has 1 saturated carbocycles. The number of amides is 3. The van der Waals surface area contributed by atoms with E-state index in [-0.39, 0.29) is 11.9 Å². The summed E-state index contributed by atoms with van der Waals surface area (Å²) in [5.74, 6) is 0.806. The average Bonchev–Trinajstić information content (AvgIpc) is 3.03.